The maximum atomic E-state index is 13.6. The minimum Gasteiger partial charge on any atom is -0.481 e. The van der Waals surface area contributed by atoms with Crippen LogP contribution in [0.5, 0.6) is 0 Å². The lowest BCUT2D eigenvalue weighted by Gasteiger charge is -2.01. The molecule has 4 nitrogen and oxygen atoms in total. The van der Waals surface area contributed by atoms with Crippen LogP contribution >= 0.6 is 0 Å². The molecule has 2 rings (SSSR count). The highest BCUT2D eigenvalue weighted by molar-refractivity contribution is 5.75. The topological polar surface area (TPSA) is 63.3 Å². The van der Waals surface area contributed by atoms with Crippen molar-refractivity contribution in [2.75, 3.05) is 0 Å². The average molecular weight is 253 g/mol. The molecule has 0 radical (unpaired) electrons. The van der Waals surface area contributed by atoms with Crippen LogP contribution in [-0.2, 0) is 11.2 Å². The molecule has 0 saturated carbocycles. The second-order valence-electron chi connectivity index (χ2n) is 3.77. The maximum absolute atomic E-state index is 13.6. The standard InChI is InChI=1S/C12H9F2NO3/c1-6-9(5-11(16)17)12(18-15-6)8-3-2-7(13)4-10(8)14/h2-4H,5H2,1H3,(H,16,17). The summed E-state index contributed by atoms with van der Waals surface area (Å²) < 4.78 is 31.3. The summed E-state index contributed by atoms with van der Waals surface area (Å²) in [4.78, 5) is 10.7. The number of benzene rings is 1. The first-order valence-electron chi connectivity index (χ1n) is 5.11. The molecule has 0 aliphatic carbocycles. The molecule has 94 valence electrons. The summed E-state index contributed by atoms with van der Waals surface area (Å²) in [5.41, 5.74) is 0.650. The van der Waals surface area contributed by atoms with Gasteiger partial charge in [0.25, 0.3) is 0 Å². The Morgan fingerprint density at radius 2 is 2.17 bits per heavy atom. The van der Waals surface area contributed by atoms with E-state index in [-0.39, 0.29) is 23.3 Å². The van der Waals surface area contributed by atoms with E-state index in [4.69, 9.17) is 9.63 Å². The van der Waals surface area contributed by atoms with Crippen molar-refractivity contribution in [3.05, 3.63) is 41.1 Å². The van der Waals surface area contributed by atoms with E-state index in [0.717, 1.165) is 6.07 Å². The van der Waals surface area contributed by atoms with Gasteiger partial charge in [-0.1, -0.05) is 5.16 Å². The molecule has 0 aliphatic rings. The molecule has 0 bridgehead atoms. The first kappa shape index (κ1) is 12.2. The summed E-state index contributed by atoms with van der Waals surface area (Å²) in [6.45, 7) is 1.56. The molecule has 2 aromatic rings. The highest BCUT2D eigenvalue weighted by Gasteiger charge is 2.20. The van der Waals surface area contributed by atoms with E-state index in [9.17, 15) is 13.6 Å². The summed E-state index contributed by atoms with van der Waals surface area (Å²) in [6.07, 6.45) is -0.332. The van der Waals surface area contributed by atoms with E-state index in [1.165, 1.54) is 6.07 Å². The summed E-state index contributed by atoms with van der Waals surface area (Å²) in [7, 11) is 0. The van der Waals surface area contributed by atoms with Gasteiger partial charge < -0.3 is 9.63 Å². The lowest BCUT2D eigenvalue weighted by Crippen LogP contribution is -2.02. The van der Waals surface area contributed by atoms with Crippen LogP contribution in [0.3, 0.4) is 0 Å². The van der Waals surface area contributed by atoms with Crippen molar-refractivity contribution in [1.82, 2.24) is 5.16 Å². The second kappa shape index (κ2) is 4.56. The van der Waals surface area contributed by atoms with E-state index in [1.807, 2.05) is 0 Å². The second-order valence-corrected chi connectivity index (χ2v) is 3.77. The Balaban J connectivity index is 2.53. The van der Waals surface area contributed by atoms with Gasteiger partial charge in [-0.2, -0.15) is 0 Å². The van der Waals surface area contributed by atoms with Crippen molar-refractivity contribution < 1.29 is 23.2 Å². The zero-order valence-electron chi connectivity index (χ0n) is 9.41. The van der Waals surface area contributed by atoms with Crippen LogP contribution in [0.2, 0.25) is 0 Å². The first-order chi connectivity index (χ1) is 8.49. The van der Waals surface area contributed by atoms with E-state index < -0.39 is 17.6 Å². The predicted octanol–water partition coefficient (Wildman–Crippen LogP) is 2.56. The number of rotatable bonds is 3. The molecule has 0 spiro atoms. The van der Waals surface area contributed by atoms with Crippen LogP contribution in [0.4, 0.5) is 8.78 Å². The van der Waals surface area contributed by atoms with Crippen molar-refractivity contribution in [3.63, 3.8) is 0 Å². The molecule has 0 unspecified atom stereocenters. The van der Waals surface area contributed by atoms with E-state index >= 15 is 0 Å². The van der Waals surface area contributed by atoms with Crippen LogP contribution in [0.15, 0.2) is 22.7 Å². The molecule has 0 aliphatic heterocycles. The Hall–Kier alpha value is -2.24. The van der Waals surface area contributed by atoms with Crippen LogP contribution in [-0.4, -0.2) is 16.2 Å². The Morgan fingerprint density at radius 3 is 2.78 bits per heavy atom. The number of carbonyl (C=O) groups is 1. The number of carboxylic acid groups (broad SMARTS) is 1. The Morgan fingerprint density at radius 1 is 1.44 bits per heavy atom. The van der Waals surface area contributed by atoms with Gasteiger partial charge in [-0.05, 0) is 19.1 Å². The molecule has 1 heterocycles. The molecular formula is C12H9F2NO3. The molecule has 1 N–H and O–H groups in total. The van der Waals surface area contributed by atoms with Gasteiger partial charge in [-0.15, -0.1) is 0 Å². The zero-order chi connectivity index (χ0) is 13.3. The maximum Gasteiger partial charge on any atom is 0.308 e. The lowest BCUT2D eigenvalue weighted by molar-refractivity contribution is -0.136. The van der Waals surface area contributed by atoms with Crippen LogP contribution in [0.1, 0.15) is 11.3 Å². The molecule has 1 aromatic heterocycles. The molecule has 0 amide bonds. The fourth-order valence-corrected chi connectivity index (χ4v) is 1.63. The van der Waals surface area contributed by atoms with Gasteiger partial charge in [0.05, 0.1) is 17.7 Å². The number of aromatic nitrogens is 1. The smallest absolute Gasteiger partial charge is 0.308 e. The normalized spacial score (nSPS) is 10.6. The molecular weight excluding hydrogens is 244 g/mol. The third-order valence-corrected chi connectivity index (χ3v) is 2.49. The van der Waals surface area contributed by atoms with Crippen LogP contribution in [0, 0.1) is 18.6 Å². The quantitative estimate of drug-likeness (QED) is 0.913. The predicted molar refractivity (Wildman–Crippen MR) is 57.9 cm³/mol. The molecule has 0 saturated heterocycles. The van der Waals surface area contributed by atoms with Gasteiger partial charge >= 0.3 is 5.97 Å². The average Bonchev–Trinajstić information content (AvgIpc) is 2.60. The number of halogens is 2. The van der Waals surface area contributed by atoms with Crippen molar-refractivity contribution in [3.8, 4) is 11.3 Å². The van der Waals surface area contributed by atoms with Gasteiger partial charge in [0.2, 0.25) is 0 Å². The largest absolute Gasteiger partial charge is 0.481 e. The van der Waals surface area contributed by atoms with Gasteiger partial charge in [0.1, 0.15) is 11.6 Å². The van der Waals surface area contributed by atoms with Gasteiger partial charge in [-0.3, -0.25) is 4.79 Å². The number of nitrogens with zero attached hydrogens (tertiary/aromatic N) is 1. The van der Waals surface area contributed by atoms with Crippen LogP contribution in [0.25, 0.3) is 11.3 Å². The fourth-order valence-electron chi connectivity index (χ4n) is 1.63. The molecule has 0 fully saturated rings. The van der Waals surface area contributed by atoms with Crippen molar-refractivity contribution in [1.29, 1.82) is 0 Å². The molecule has 0 atom stereocenters. The minimum atomic E-state index is -1.08. The summed E-state index contributed by atoms with van der Waals surface area (Å²) in [5, 5.41) is 12.4. The monoisotopic (exact) mass is 253 g/mol. The number of aryl methyl sites for hydroxylation is 1. The third kappa shape index (κ3) is 2.22. The van der Waals surface area contributed by atoms with Crippen molar-refractivity contribution >= 4 is 5.97 Å². The number of hydrogen-bond donors (Lipinski definition) is 1. The lowest BCUT2D eigenvalue weighted by atomic mass is 10.0. The molecule has 6 heteroatoms. The Bertz CT molecular complexity index is 607. The van der Waals surface area contributed by atoms with Gasteiger partial charge in [0, 0.05) is 11.6 Å². The molecule has 18 heavy (non-hydrogen) atoms. The van der Waals surface area contributed by atoms with Crippen molar-refractivity contribution in [2.24, 2.45) is 0 Å². The number of carboxylic acids is 1. The fraction of sp³-hybridized carbons (Fsp3) is 0.167. The SMILES string of the molecule is Cc1noc(-c2ccc(F)cc2F)c1CC(=O)O. The first-order valence-corrected chi connectivity index (χ1v) is 5.11. The summed E-state index contributed by atoms with van der Waals surface area (Å²) in [5.74, 6) is -2.59. The van der Waals surface area contributed by atoms with Crippen LogP contribution < -0.4 is 0 Å². The third-order valence-electron chi connectivity index (χ3n) is 2.49. The Kier molecular flexibility index (Phi) is 3.10. The minimum absolute atomic E-state index is 0.00625. The van der Waals surface area contributed by atoms with E-state index in [2.05, 4.69) is 5.16 Å². The summed E-state index contributed by atoms with van der Waals surface area (Å²) in [6, 6.07) is 2.97. The molecule has 1 aromatic carbocycles. The van der Waals surface area contributed by atoms with Gasteiger partial charge in [0.15, 0.2) is 5.76 Å². The Labute approximate surface area is 101 Å². The highest BCUT2D eigenvalue weighted by atomic mass is 19.1. The van der Waals surface area contributed by atoms with E-state index in [1.54, 1.807) is 6.92 Å². The van der Waals surface area contributed by atoms with E-state index in [0.29, 0.717) is 11.8 Å². The number of aliphatic carboxylic acids is 1. The number of hydrogen-bond acceptors (Lipinski definition) is 3. The van der Waals surface area contributed by atoms with Crippen molar-refractivity contribution in [2.45, 2.75) is 13.3 Å². The van der Waals surface area contributed by atoms with Gasteiger partial charge in [-0.25, -0.2) is 8.78 Å². The highest BCUT2D eigenvalue weighted by Crippen LogP contribution is 2.29. The summed E-state index contributed by atoms with van der Waals surface area (Å²) >= 11 is 0. The zero-order valence-corrected chi connectivity index (χ0v) is 9.41.